The summed E-state index contributed by atoms with van der Waals surface area (Å²) in [5.74, 6) is 0.619. The molecule has 0 aromatic heterocycles. The molecule has 0 saturated heterocycles. The van der Waals surface area contributed by atoms with Gasteiger partial charge in [-0.15, -0.1) is 0 Å². The van der Waals surface area contributed by atoms with Gasteiger partial charge in [-0.2, -0.15) is 0 Å². The molecule has 0 fully saturated rings. The van der Waals surface area contributed by atoms with Crippen LogP contribution in [0.25, 0.3) is 0 Å². The first-order valence-electron chi connectivity index (χ1n) is 8.10. The predicted molar refractivity (Wildman–Crippen MR) is 93.7 cm³/mol. The molecule has 1 N–H and O–H groups in total. The highest BCUT2D eigenvalue weighted by Gasteiger charge is 2.22. The van der Waals surface area contributed by atoms with Gasteiger partial charge in [0.25, 0.3) is 5.91 Å². The molecule has 25 heavy (non-hydrogen) atoms. The van der Waals surface area contributed by atoms with Crippen LogP contribution in [0.5, 0.6) is 5.75 Å². The van der Waals surface area contributed by atoms with Crippen molar-refractivity contribution in [1.82, 2.24) is 5.32 Å². The van der Waals surface area contributed by atoms with Crippen LogP contribution in [0.1, 0.15) is 11.1 Å². The number of anilines is 1. The van der Waals surface area contributed by atoms with E-state index in [1.807, 2.05) is 48.5 Å². The van der Waals surface area contributed by atoms with E-state index in [2.05, 4.69) is 5.32 Å². The number of hydrogen-bond donors (Lipinski definition) is 1. The molecule has 0 atom stereocenters. The second-order valence-electron chi connectivity index (χ2n) is 5.78. The zero-order valence-electron chi connectivity index (χ0n) is 14.0. The molecule has 0 aliphatic carbocycles. The van der Waals surface area contributed by atoms with E-state index >= 15 is 0 Å². The lowest BCUT2D eigenvalue weighted by atomic mass is 10.1. The van der Waals surface area contributed by atoms with Gasteiger partial charge in [-0.1, -0.05) is 36.4 Å². The van der Waals surface area contributed by atoms with Crippen molar-refractivity contribution in [3.63, 3.8) is 0 Å². The van der Waals surface area contributed by atoms with E-state index in [4.69, 9.17) is 9.47 Å². The van der Waals surface area contributed by atoms with Gasteiger partial charge < -0.3 is 19.7 Å². The minimum absolute atomic E-state index is 0.0671. The first kappa shape index (κ1) is 16.8. The van der Waals surface area contributed by atoms with E-state index < -0.39 is 6.09 Å². The average Bonchev–Trinajstić information content (AvgIpc) is 2.64. The van der Waals surface area contributed by atoms with Crippen molar-refractivity contribution in [2.75, 3.05) is 25.1 Å². The lowest BCUT2D eigenvalue weighted by molar-refractivity contribution is -0.120. The summed E-state index contributed by atoms with van der Waals surface area (Å²) in [6.07, 6.45) is 0.188. The number of rotatable bonds is 5. The van der Waals surface area contributed by atoms with Crippen molar-refractivity contribution in [1.29, 1.82) is 0 Å². The maximum Gasteiger partial charge on any atom is 0.407 e. The number of hydrogen-bond acceptors (Lipinski definition) is 4. The average molecular weight is 340 g/mol. The molecule has 2 amide bonds. The Morgan fingerprint density at radius 1 is 1.20 bits per heavy atom. The highest BCUT2D eigenvalue weighted by Crippen LogP contribution is 2.31. The van der Waals surface area contributed by atoms with Crippen LogP contribution in [0.15, 0.2) is 48.5 Å². The monoisotopic (exact) mass is 340 g/mol. The van der Waals surface area contributed by atoms with Crippen LogP contribution in [0.3, 0.4) is 0 Å². The van der Waals surface area contributed by atoms with Gasteiger partial charge in [-0.25, -0.2) is 4.79 Å². The summed E-state index contributed by atoms with van der Waals surface area (Å²) in [5.41, 5.74) is 2.70. The van der Waals surface area contributed by atoms with E-state index in [9.17, 15) is 9.59 Å². The third kappa shape index (κ3) is 4.29. The van der Waals surface area contributed by atoms with Crippen LogP contribution in [0, 0.1) is 0 Å². The number of fused-ring (bicyclic) bond motifs is 1. The first-order chi connectivity index (χ1) is 12.1. The SMILES string of the molecule is CN1C(=O)COc2ccc(CCNC(=O)OCc3ccccc3)cc21. The summed E-state index contributed by atoms with van der Waals surface area (Å²) in [5, 5.41) is 2.73. The number of likely N-dealkylation sites (N-methyl/N-ethyl adjacent to an activating group) is 1. The van der Waals surface area contributed by atoms with Crippen LogP contribution in [-0.4, -0.2) is 32.2 Å². The molecule has 1 aliphatic rings. The second-order valence-corrected chi connectivity index (χ2v) is 5.78. The van der Waals surface area contributed by atoms with Gasteiger partial charge >= 0.3 is 6.09 Å². The van der Waals surface area contributed by atoms with Crippen molar-refractivity contribution >= 4 is 17.7 Å². The maximum absolute atomic E-state index is 11.7. The number of alkyl carbamates (subject to hydrolysis) is 1. The molecule has 0 bridgehead atoms. The molecule has 2 aromatic carbocycles. The van der Waals surface area contributed by atoms with Gasteiger partial charge in [0.15, 0.2) is 6.61 Å². The van der Waals surface area contributed by atoms with Crippen molar-refractivity contribution in [2.45, 2.75) is 13.0 Å². The van der Waals surface area contributed by atoms with Gasteiger partial charge in [-0.05, 0) is 29.7 Å². The van der Waals surface area contributed by atoms with Crippen LogP contribution in [0.2, 0.25) is 0 Å². The summed E-state index contributed by atoms with van der Waals surface area (Å²) < 4.78 is 10.6. The third-order valence-electron chi connectivity index (χ3n) is 4.01. The fourth-order valence-electron chi connectivity index (χ4n) is 2.56. The largest absolute Gasteiger partial charge is 0.482 e. The fraction of sp³-hybridized carbons (Fsp3) is 0.263. The first-order valence-corrected chi connectivity index (χ1v) is 8.10. The van der Waals surface area contributed by atoms with Crippen LogP contribution < -0.4 is 15.0 Å². The minimum atomic E-state index is -0.447. The second kappa shape index (κ2) is 7.70. The molecular weight excluding hydrogens is 320 g/mol. The number of ether oxygens (including phenoxy) is 2. The van der Waals surface area contributed by atoms with Crippen molar-refractivity contribution in [3.8, 4) is 5.75 Å². The molecule has 3 rings (SSSR count). The Bertz CT molecular complexity index is 761. The normalized spacial score (nSPS) is 13.0. The molecule has 2 aromatic rings. The standard InChI is InChI=1S/C19H20N2O4/c1-21-16-11-14(7-8-17(16)24-13-18(21)22)9-10-20-19(23)25-12-15-5-3-2-4-6-15/h2-8,11H,9-10,12-13H2,1H3,(H,20,23). The highest BCUT2D eigenvalue weighted by atomic mass is 16.5. The number of amides is 2. The van der Waals surface area contributed by atoms with Crippen molar-refractivity contribution < 1.29 is 19.1 Å². The van der Waals surface area contributed by atoms with E-state index in [0.717, 1.165) is 16.8 Å². The summed E-state index contributed by atoms with van der Waals surface area (Å²) in [6.45, 7) is 0.762. The Morgan fingerprint density at radius 3 is 2.80 bits per heavy atom. The zero-order valence-corrected chi connectivity index (χ0v) is 14.0. The highest BCUT2D eigenvalue weighted by molar-refractivity contribution is 5.97. The van der Waals surface area contributed by atoms with Gasteiger partial charge in [0, 0.05) is 13.6 Å². The third-order valence-corrected chi connectivity index (χ3v) is 4.01. The molecule has 1 aliphatic heterocycles. The molecule has 0 spiro atoms. The van der Waals surface area contributed by atoms with E-state index in [1.54, 1.807) is 11.9 Å². The number of nitrogens with zero attached hydrogens (tertiary/aromatic N) is 1. The molecule has 130 valence electrons. The predicted octanol–water partition coefficient (Wildman–Crippen LogP) is 2.51. The molecule has 0 unspecified atom stereocenters. The number of carbonyl (C=O) groups is 2. The lowest BCUT2D eigenvalue weighted by Crippen LogP contribution is -2.35. The smallest absolute Gasteiger partial charge is 0.407 e. The van der Waals surface area contributed by atoms with Crippen LogP contribution in [-0.2, 0) is 22.6 Å². The number of nitrogens with one attached hydrogen (secondary N) is 1. The summed E-state index contributed by atoms with van der Waals surface area (Å²) in [4.78, 5) is 25.0. The van der Waals surface area contributed by atoms with Crippen LogP contribution in [0.4, 0.5) is 10.5 Å². The van der Waals surface area contributed by atoms with Crippen molar-refractivity contribution in [3.05, 3.63) is 59.7 Å². The molecule has 6 nitrogen and oxygen atoms in total. The van der Waals surface area contributed by atoms with Gasteiger partial charge in [0.05, 0.1) is 5.69 Å². The Balaban J connectivity index is 1.47. The van der Waals surface area contributed by atoms with Gasteiger partial charge in [0.1, 0.15) is 12.4 Å². The fourth-order valence-corrected chi connectivity index (χ4v) is 2.56. The number of benzene rings is 2. The Labute approximate surface area is 146 Å². The zero-order chi connectivity index (χ0) is 17.6. The molecule has 0 saturated carbocycles. The molecule has 6 heteroatoms. The summed E-state index contributed by atoms with van der Waals surface area (Å²) in [7, 11) is 1.73. The summed E-state index contributed by atoms with van der Waals surface area (Å²) in [6, 6.07) is 15.2. The van der Waals surface area contributed by atoms with E-state index in [0.29, 0.717) is 18.7 Å². The lowest BCUT2D eigenvalue weighted by Gasteiger charge is -2.26. The van der Waals surface area contributed by atoms with Crippen LogP contribution >= 0.6 is 0 Å². The van der Waals surface area contributed by atoms with Gasteiger partial charge in [-0.3, -0.25) is 4.79 Å². The number of carbonyl (C=O) groups excluding carboxylic acids is 2. The maximum atomic E-state index is 11.7. The van der Waals surface area contributed by atoms with E-state index in [-0.39, 0.29) is 19.1 Å². The quantitative estimate of drug-likeness (QED) is 0.908. The summed E-state index contributed by atoms with van der Waals surface area (Å²) >= 11 is 0. The Morgan fingerprint density at radius 2 is 2.00 bits per heavy atom. The van der Waals surface area contributed by atoms with E-state index in [1.165, 1.54) is 0 Å². The van der Waals surface area contributed by atoms with Crippen molar-refractivity contribution in [2.24, 2.45) is 0 Å². The minimum Gasteiger partial charge on any atom is -0.482 e. The topological polar surface area (TPSA) is 67.9 Å². The molecule has 1 heterocycles. The molecular formula is C19H20N2O4. The Kier molecular flexibility index (Phi) is 5.18. The molecule has 0 radical (unpaired) electrons. The van der Waals surface area contributed by atoms with Gasteiger partial charge in [0.2, 0.25) is 0 Å². The Hall–Kier alpha value is -3.02.